The van der Waals surface area contributed by atoms with Crippen LogP contribution < -0.4 is 5.32 Å². The highest BCUT2D eigenvalue weighted by Gasteiger charge is 2.43. The van der Waals surface area contributed by atoms with Gasteiger partial charge in [-0.15, -0.1) is 0 Å². The summed E-state index contributed by atoms with van der Waals surface area (Å²) in [6.45, 7) is 9.63. The van der Waals surface area contributed by atoms with Gasteiger partial charge in [0.05, 0.1) is 0 Å². The first-order valence-electron chi connectivity index (χ1n) is 18.7. The van der Waals surface area contributed by atoms with E-state index in [-0.39, 0.29) is 30.2 Å². The van der Waals surface area contributed by atoms with Crippen molar-refractivity contribution < 1.29 is 28.3 Å². The molecule has 1 N–H and O–H groups in total. The number of fused-ring (bicyclic) bond motifs is 3. The molecule has 2 aromatic carbocycles. The molecule has 0 radical (unpaired) electrons. The molecule has 0 spiro atoms. The summed E-state index contributed by atoms with van der Waals surface area (Å²) >= 11 is 0. The number of rotatable bonds is 16. The molecule has 0 saturated carbocycles. The molecule has 2 aliphatic heterocycles. The second-order valence-electron chi connectivity index (χ2n) is 14.6. The molecule has 0 aromatic heterocycles. The van der Waals surface area contributed by atoms with Gasteiger partial charge in [-0.25, -0.2) is 4.79 Å². The number of ether oxygens (including phenoxy) is 1. The first-order valence-corrected chi connectivity index (χ1v) is 21.8. The summed E-state index contributed by atoms with van der Waals surface area (Å²) in [6.07, 6.45) is 6.03. The average Bonchev–Trinajstić information content (AvgIpc) is 3.87. The largest absolute Gasteiger partial charge is 0.448 e. The zero-order chi connectivity index (χ0) is 35.7. The summed E-state index contributed by atoms with van der Waals surface area (Å²) in [4.78, 5) is 58.1. The van der Waals surface area contributed by atoms with Gasteiger partial charge in [-0.05, 0) is 93.3 Å². The van der Waals surface area contributed by atoms with Crippen LogP contribution in [0.15, 0.2) is 48.5 Å². The highest BCUT2D eigenvalue weighted by Crippen LogP contribution is 2.44. The van der Waals surface area contributed by atoms with Crippen LogP contribution in [0.4, 0.5) is 4.79 Å². The molecule has 1 aliphatic carbocycles. The Morgan fingerprint density at radius 3 is 2.18 bits per heavy atom. The molecule has 4 amide bonds. The summed E-state index contributed by atoms with van der Waals surface area (Å²) in [6, 6.07) is 16.4. The van der Waals surface area contributed by atoms with E-state index in [2.05, 4.69) is 42.7 Å². The van der Waals surface area contributed by atoms with Crippen molar-refractivity contribution in [3.8, 4) is 11.1 Å². The SMILES string of the molecule is CCO[Si](C)(C)CCCNC(=O)CCCCCN(C)C(=O)[C@@H]1CCCN1C(=O)[C@@H]1CCCN1C(=O)OCC1c2ccccc2-c2ccccc21. The van der Waals surface area contributed by atoms with Crippen molar-refractivity contribution >= 4 is 32.1 Å². The Bertz CT molecular complexity index is 1450. The van der Waals surface area contributed by atoms with E-state index in [1.807, 2.05) is 31.2 Å². The number of carbonyl (C=O) groups is 4. The van der Waals surface area contributed by atoms with Gasteiger partial charge in [0.25, 0.3) is 0 Å². The Kier molecular flexibility index (Phi) is 13.1. The lowest BCUT2D eigenvalue weighted by molar-refractivity contribution is -0.145. The lowest BCUT2D eigenvalue weighted by Crippen LogP contribution is -2.53. The fraction of sp³-hybridized carbons (Fsp3) is 0.590. The third-order valence-electron chi connectivity index (χ3n) is 10.5. The summed E-state index contributed by atoms with van der Waals surface area (Å²) < 4.78 is 11.8. The third kappa shape index (κ3) is 9.14. The predicted molar refractivity (Wildman–Crippen MR) is 197 cm³/mol. The number of nitrogens with zero attached hydrogens (tertiary/aromatic N) is 3. The average molecular weight is 705 g/mol. The van der Waals surface area contributed by atoms with E-state index >= 15 is 0 Å². The molecular weight excluding hydrogens is 649 g/mol. The molecular formula is C39H56N4O6Si. The smallest absolute Gasteiger partial charge is 0.410 e. The number of benzene rings is 2. The van der Waals surface area contributed by atoms with Crippen LogP contribution in [0.25, 0.3) is 11.1 Å². The Morgan fingerprint density at radius 2 is 1.50 bits per heavy atom. The maximum absolute atomic E-state index is 13.9. The van der Waals surface area contributed by atoms with E-state index in [1.54, 1.807) is 21.7 Å². The van der Waals surface area contributed by atoms with Gasteiger partial charge in [0, 0.05) is 52.2 Å². The number of hydrogen-bond donors (Lipinski definition) is 1. The Balaban J connectivity index is 1.05. The minimum absolute atomic E-state index is 0.0496. The minimum Gasteiger partial charge on any atom is -0.448 e. The van der Waals surface area contributed by atoms with Gasteiger partial charge in [0.1, 0.15) is 18.7 Å². The van der Waals surface area contributed by atoms with Crippen LogP contribution >= 0.6 is 0 Å². The number of nitrogens with one attached hydrogen (secondary N) is 1. The van der Waals surface area contributed by atoms with E-state index in [4.69, 9.17) is 9.16 Å². The van der Waals surface area contributed by atoms with Crippen molar-refractivity contribution in [1.82, 2.24) is 20.0 Å². The van der Waals surface area contributed by atoms with Crippen molar-refractivity contribution in [2.45, 2.75) is 102 Å². The number of unbranched alkanes of at least 4 members (excludes halogenated alkanes) is 2. The second-order valence-corrected chi connectivity index (χ2v) is 18.9. The monoisotopic (exact) mass is 704 g/mol. The standard InChI is InChI=1S/C39H56N4O6Si/c1-5-49-50(3,4)27-15-23-40-36(44)22-7-6-12-24-41(2)37(45)34-20-13-25-42(34)38(46)35-21-14-26-43(35)39(47)48-28-33-31-18-10-8-16-29(31)30-17-9-11-19-32(30)33/h8-11,16-19,33-35H,5-7,12-15,20-28H2,1-4H3,(H,40,44)/t34-,35-/m0/s1. The number of likely N-dealkylation sites (tertiary alicyclic amines) is 2. The topological polar surface area (TPSA) is 108 Å². The number of hydrogen-bond acceptors (Lipinski definition) is 6. The number of amides is 4. The van der Waals surface area contributed by atoms with Gasteiger partial charge >= 0.3 is 6.09 Å². The van der Waals surface area contributed by atoms with Crippen molar-refractivity contribution in [3.05, 3.63) is 59.7 Å². The molecule has 5 rings (SSSR count). The molecule has 50 heavy (non-hydrogen) atoms. The minimum atomic E-state index is -1.62. The van der Waals surface area contributed by atoms with Crippen molar-refractivity contribution in [2.24, 2.45) is 0 Å². The van der Waals surface area contributed by atoms with Gasteiger partial charge in [-0.2, -0.15) is 0 Å². The van der Waals surface area contributed by atoms with Crippen molar-refractivity contribution in [2.75, 3.05) is 46.4 Å². The highest BCUT2D eigenvalue weighted by molar-refractivity contribution is 6.71. The zero-order valence-corrected chi connectivity index (χ0v) is 31.5. The van der Waals surface area contributed by atoms with Gasteiger partial charge < -0.3 is 24.3 Å². The summed E-state index contributed by atoms with van der Waals surface area (Å²) in [5, 5.41) is 3.02. The quantitative estimate of drug-likeness (QED) is 0.166. The molecule has 3 aliphatic rings. The lowest BCUT2D eigenvalue weighted by atomic mass is 9.98. The summed E-state index contributed by atoms with van der Waals surface area (Å²) in [5.74, 6) is -0.191. The molecule has 272 valence electrons. The fourth-order valence-corrected chi connectivity index (χ4v) is 9.82. The maximum Gasteiger partial charge on any atom is 0.410 e. The van der Waals surface area contributed by atoms with Crippen LogP contribution in [0.1, 0.15) is 81.8 Å². The van der Waals surface area contributed by atoms with Crippen LogP contribution in [-0.4, -0.2) is 105 Å². The molecule has 2 fully saturated rings. The van der Waals surface area contributed by atoms with Crippen LogP contribution in [0.5, 0.6) is 0 Å². The van der Waals surface area contributed by atoms with E-state index in [0.29, 0.717) is 45.4 Å². The molecule has 11 heteroatoms. The first-order chi connectivity index (χ1) is 24.1. The van der Waals surface area contributed by atoms with E-state index < -0.39 is 26.5 Å². The van der Waals surface area contributed by atoms with Gasteiger partial charge in [0.15, 0.2) is 8.32 Å². The summed E-state index contributed by atoms with van der Waals surface area (Å²) in [7, 11) is 0.175. The van der Waals surface area contributed by atoms with E-state index in [1.165, 1.54) is 11.1 Å². The molecule has 2 saturated heterocycles. The molecule has 2 aromatic rings. The summed E-state index contributed by atoms with van der Waals surface area (Å²) in [5.41, 5.74) is 4.63. The van der Waals surface area contributed by atoms with Crippen LogP contribution in [-0.2, 0) is 23.5 Å². The third-order valence-corrected chi connectivity index (χ3v) is 13.1. The second kappa shape index (κ2) is 17.5. The Morgan fingerprint density at radius 1 is 0.860 bits per heavy atom. The predicted octanol–water partition coefficient (Wildman–Crippen LogP) is 6.16. The first kappa shape index (κ1) is 37.5. The van der Waals surface area contributed by atoms with E-state index in [0.717, 1.165) is 62.3 Å². The van der Waals surface area contributed by atoms with E-state index in [9.17, 15) is 19.2 Å². The Labute approximate surface area is 299 Å². The highest BCUT2D eigenvalue weighted by atomic mass is 28.4. The molecule has 2 atom stereocenters. The molecule has 0 bridgehead atoms. The zero-order valence-electron chi connectivity index (χ0n) is 30.5. The Hall–Kier alpha value is -3.70. The number of likely N-dealkylation sites (N-methyl/N-ethyl adjacent to an activating group) is 1. The van der Waals surface area contributed by atoms with Crippen LogP contribution in [0.2, 0.25) is 19.1 Å². The normalized spacial score (nSPS) is 18.6. The van der Waals surface area contributed by atoms with Crippen LogP contribution in [0, 0.1) is 0 Å². The van der Waals surface area contributed by atoms with Crippen molar-refractivity contribution in [1.29, 1.82) is 0 Å². The lowest BCUT2D eigenvalue weighted by Gasteiger charge is -2.32. The van der Waals surface area contributed by atoms with Crippen LogP contribution in [0.3, 0.4) is 0 Å². The fourth-order valence-electron chi connectivity index (χ4n) is 7.87. The maximum atomic E-state index is 13.9. The van der Waals surface area contributed by atoms with Gasteiger partial charge in [-0.1, -0.05) is 55.0 Å². The number of carbonyl (C=O) groups excluding carboxylic acids is 4. The molecule has 10 nitrogen and oxygen atoms in total. The van der Waals surface area contributed by atoms with Crippen molar-refractivity contribution in [3.63, 3.8) is 0 Å². The molecule has 2 heterocycles. The van der Waals surface area contributed by atoms with Gasteiger partial charge in [-0.3, -0.25) is 19.3 Å². The molecule has 0 unspecified atom stereocenters. The van der Waals surface area contributed by atoms with Gasteiger partial charge in [0.2, 0.25) is 17.7 Å².